The van der Waals surface area contributed by atoms with E-state index in [2.05, 4.69) is 4.98 Å². The summed E-state index contributed by atoms with van der Waals surface area (Å²) < 4.78 is 7.30. The van der Waals surface area contributed by atoms with E-state index >= 15 is 0 Å². The minimum atomic E-state index is -0.283. The van der Waals surface area contributed by atoms with Gasteiger partial charge in [-0.05, 0) is 30.3 Å². The second-order valence-corrected chi connectivity index (χ2v) is 7.01. The van der Waals surface area contributed by atoms with Gasteiger partial charge in [-0.3, -0.25) is 9.59 Å². The zero-order chi connectivity index (χ0) is 20.2. The number of hydrogen-bond acceptors (Lipinski definition) is 3. The van der Waals surface area contributed by atoms with E-state index in [-0.39, 0.29) is 39.6 Å². The standard InChI is InChI=1S/C24H20N2O3.2CH4/c1-26-11-5-6-17(15-26)12-23(27)29-16-21-14-20-13-19(9-10-22(20)25-21)24(28)18-7-3-2-4-8-18;;/h2-11,13-15H,12,16H2,1H3;2*1H4/p+1. The van der Waals surface area contributed by atoms with Crippen LogP contribution < -0.4 is 4.57 Å². The van der Waals surface area contributed by atoms with Gasteiger partial charge in [0.05, 0.1) is 12.1 Å². The number of aromatic amines is 1. The molecule has 4 aromatic rings. The lowest BCUT2D eigenvalue weighted by atomic mass is 10.0. The third-order valence-electron chi connectivity index (χ3n) is 4.71. The van der Waals surface area contributed by atoms with Crippen molar-refractivity contribution in [2.75, 3.05) is 0 Å². The number of pyridine rings is 1. The lowest BCUT2D eigenvalue weighted by Crippen LogP contribution is -2.27. The Bertz CT molecular complexity index is 1180. The highest BCUT2D eigenvalue weighted by Gasteiger charge is 2.12. The number of rotatable bonds is 6. The van der Waals surface area contributed by atoms with Gasteiger partial charge in [-0.1, -0.05) is 45.2 Å². The summed E-state index contributed by atoms with van der Waals surface area (Å²) in [7, 11) is 1.91. The van der Waals surface area contributed by atoms with Gasteiger partial charge in [-0.25, -0.2) is 4.57 Å². The summed E-state index contributed by atoms with van der Waals surface area (Å²) in [4.78, 5) is 28.0. The number of carbonyl (C=O) groups is 2. The molecule has 2 heterocycles. The van der Waals surface area contributed by atoms with Gasteiger partial charge in [-0.2, -0.15) is 0 Å². The summed E-state index contributed by atoms with van der Waals surface area (Å²) in [5.41, 5.74) is 3.88. The predicted molar refractivity (Wildman–Crippen MR) is 123 cm³/mol. The monoisotopic (exact) mass is 417 g/mol. The predicted octanol–water partition coefficient (Wildman–Crippen LogP) is 4.78. The van der Waals surface area contributed by atoms with Gasteiger partial charge >= 0.3 is 5.97 Å². The summed E-state index contributed by atoms with van der Waals surface area (Å²) in [5.74, 6) is -0.299. The highest BCUT2D eigenvalue weighted by atomic mass is 16.5. The second kappa shape index (κ2) is 10.3. The van der Waals surface area contributed by atoms with E-state index in [9.17, 15) is 9.59 Å². The highest BCUT2D eigenvalue weighted by molar-refractivity contribution is 6.10. The molecule has 0 aliphatic rings. The third kappa shape index (κ3) is 5.66. The van der Waals surface area contributed by atoms with Crippen molar-refractivity contribution in [1.82, 2.24) is 4.98 Å². The van der Waals surface area contributed by atoms with Crippen molar-refractivity contribution in [1.29, 1.82) is 0 Å². The molecule has 0 bridgehead atoms. The van der Waals surface area contributed by atoms with Crippen LogP contribution in [0.3, 0.4) is 0 Å². The Labute approximate surface area is 183 Å². The average Bonchev–Trinajstić information content (AvgIpc) is 3.14. The molecule has 5 nitrogen and oxygen atoms in total. The molecule has 0 fully saturated rings. The van der Waals surface area contributed by atoms with Crippen LogP contribution in [0.15, 0.2) is 79.1 Å². The molecule has 0 aliphatic carbocycles. The Kier molecular flexibility index (Phi) is 7.86. The van der Waals surface area contributed by atoms with Crippen LogP contribution in [0.1, 0.15) is 42.0 Å². The Morgan fingerprint density at radius 2 is 1.71 bits per heavy atom. The van der Waals surface area contributed by atoms with E-state index in [1.807, 2.05) is 72.5 Å². The fourth-order valence-electron chi connectivity index (χ4n) is 3.30. The lowest BCUT2D eigenvalue weighted by Gasteiger charge is -2.02. The highest BCUT2D eigenvalue weighted by Crippen LogP contribution is 2.20. The maximum absolute atomic E-state index is 12.6. The van der Waals surface area contributed by atoms with Gasteiger partial charge in [-0.15, -0.1) is 0 Å². The summed E-state index contributed by atoms with van der Waals surface area (Å²) >= 11 is 0. The van der Waals surface area contributed by atoms with Crippen LogP contribution in [0, 0.1) is 0 Å². The molecule has 0 aliphatic heterocycles. The van der Waals surface area contributed by atoms with Crippen molar-refractivity contribution in [3.8, 4) is 0 Å². The number of nitrogens with one attached hydrogen (secondary N) is 1. The van der Waals surface area contributed by atoms with E-state index in [1.165, 1.54) is 0 Å². The van der Waals surface area contributed by atoms with Crippen LogP contribution in [-0.4, -0.2) is 16.7 Å². The Balaban J connectivity index is 0.00000171. The number of esters is 1. The molecule has 0 radical (unpaired) electrons. The van der Waals surface area contributed by atoms with Gasteiger partial charge in [0.25, 0.3) is 0 Å². The fraction of sp³-hybridized carbons (Fsp3) is 0.192. The van der Waals surface area contributed by atoms with Crippen molar-refractivity contribution < 1.29 is 18.9 Å². The molecule has 4 rings (SSSR count). The first-order chi connectivity index (χ1) is 14.1. The van der Waals surface area contributed by atoms with E-state index in [0.29, 0.717) is 11.1 Å². The Morgan fingerprint density at radius 1 is 0.935 bits per heavy atom. The minimum absolute atomic E-state index is 0. The normalized spacial score (nSPS) is 10.1. The van der Waals surface area contributed by atoms with Crippen molar-refractivity contribution in [3.05, 3.63) is 102 Å². The lowest BCUT2D eigenvalue weighted by molar-refractivity contribution is -0.671. The largest absolute Gasteiger partial charge is 0.459 e. The van der Waals surface area contributed by atoms with Gasteiger partial charge in [0.2, 0.25) is 0 Å². The number of H-pyrrole nitrogens is 1. The van der Waals surface area contributed by atoms with Crippen LogP contribution >= 0.6 is 0 Å². The molecule has 0 spiro atoms. The fourth-order valence-corrected chi connectivity index (χ4v) is 3.30. The average molecular weight is 418 g/mol. The van der Waals surface area contributed by atoms with Gasteiger partial charge in [0, 0.05) is 33.7 Å². The van der Waals surface area contributed by atoms with Crippen LogP contribution in [0.25, 0.3) is 10.9 Å². The number of ketones is 1. The molecule has 2 aromatic heterocycles. The topological polar surface area (TPSA) is 63.0 Å². The molecular formula is C26H29N2O3+. The molecule has 31 heavy (non-hydrogen) atoms. The van der Waals surface area contributed by atoms with Crippen molar-refractivity contribution >= 4 is 22.7 Å². The van der Waals surface area contributed by atoms with Gasteiger partial charge in [0.1, 0.15) is 13.7 Å². The van der Waals surface area contributed by atoms with E-state index in [4.69, 9.17) is 4.74 Å². The number of fused-ring (bicyclic) bond motifs is 1. The quantitative estimate of drug-likeness (QED) is 0.279. The zero-order valence-corrected chi connectivity index (χ0v) is 16.1. The second-order valence-electron chi connectivity index (χ2n) is 7.01. The maximum atomic E-state index is 12.6. The van der Waals surface area contributed by atoms with Crippen LogP contribution in [-0.2, 0) is 29.6 Å². The first kappa shape index (κ1) is 23.5. The van der Waals surface area contributed by atoms with Crippen molar-refractivity contribution in [2.24, 2.45) is 7.05 Å². The van der Waals surface area contributed by atoms with Crippen molar-refractivity contribution in [3.63, 3.8) is 0 Å². The van der Waals surface area contributed by atoms with Crippen LogP contribution in [0.5, 0.6) is 0 Å². The van der Waals surface area contributed by atoms with E-state index < -0.39 is 0 Å². The number of aryl methyl sites for hydroxylation is 1. The third-order valence-corrected chi connectivity index (χ3v) is 4.71. The minimum Gasteiger partial charge on any atom is -0.459 e. The number of benzene rings is 2. The molecule has 160 valence electrons. The van der Waals surface area contributed by atoms with Crippen LogP contribution in [0.4, 0.5) is 0 Å². The van der Waals surface area contributed by atoms with Gasteiger partial charge in [0.15, 0.2) is 18.2 Å². The molecule has 0 amide bonds. The zero-order valence-electron chi connectivity index (χ0n) is 16.1. The SMILES string of the molecule is C.C.C[n+]1cccc(CC(=O)OCc2cc3cc(C(=O)c4ccccc4)ccc3[nH]2)c1. The molecule has 1 N–H and O–H groups in total. The Morgan fingerprint density at radius 3 is 2.45 bits per heavy atom. The molecule has 0 unspecified atom stereocenters. The van der Waals surface area contributed by atoms with Crippen molar-refractivity contribution in [2.45, 2.75) is 27.9 Å². The number of hydrogen-bond donors (Lipinski definition) is 1. The molecular weight excluding hydrogens is 388 g/mol. The summed E-state index contributed by atoms with van der Waals surface area (Å²) in [6.45, 7) is 0.161. The number of aromatic nitrogens is 2. The van der Waals surface area contributed by atoms with E-state index in [0.717, 1.165) is 22.2 Å². The number of ether oxygens (including phenoxy) is 1. The first-order valence-corrected chi connectivity index (χ1v) is 9.40. The van der Waals surface area contributed by atoms with Crippen LogP contribution in [0.2, 0.25) is 0 Å². The summed E-state index contributed by atoms with van der Waals surface area (Å²) in [5, 5.41) is 0.910. The first-order valence-electron chi connectivity index (χ1n) is 9.40. The molecule has 0 saturated heterocycles. The summed E-state index contributed by atoms with van der Waals surface area (Å²) in [6, 6.07) is 20.4. The number of carbonyl (C=O) groups excluding carboxylic acids is 2. The number of nitrogens with zero attached hydrogens (tertiary/aromatic N) is 1. The smallest absolute Gasteiger partial charge is 0.310 e. The molecule has 0 saturated carbocycles. The molecule has 0 atom stereocenters. The molecule has 2 aromatic carbocycles. The maximum Gasteiger partial charge on any atom is 0.310 e. The Hall–Kier alpha value is -3.73. The molecule has 5 heteroatoms. The summed E-state index contributed by atoms with van der Waals surface area (Å²) in [6.07, 6.45) is 4.04. The van der Waals surface area contributed by atoms with E-state index in [1.54, 1.807) is 18.2 Å². The van der Waals surface area contributed by atoms with Gasteiger partial charge < -0.3 is 9.72 Å².